The van der Waals surface area contributed by atoms with E-state index < -0.39 is 0 Å². The second-order valence-electron chi connectivity index (χ2n) is 4.85. The number of thioether (sulfide) groups is 1. The second kappa shape index (κ2) is 6.14. The number of benzene rings is 2. The number of aromatic hydroxyl groups is 2. The van der Waals surface area contributed by atoms with E-state index in [2.05, 4.69) is 0 Å². The molecule has 2 N–H and O–H groups in total. The maximum Gasteiger partial charge on any atom is 0.203 e. The number of ether oxygens (including phenoxy) is 1. The van der Waals surface area contributed by atoms with Crippen molar-refractivity contribution in [1.82, 2.24) is 0 Å². The van der Waals surface area contributed by atoms with Crippen molar-refractivity contribution in [3.05, 3.63) is 40.9 Å². The third-order valence-corrected chi connectivity index (χ3v) is 4.57. The summed E-state index contributed by atoms with van der Waals surface area (Å²) in [7, 11) is 1.36. The lowest BCUT2D eigenvalue weighted by molar-refractivity contribution is 0.346. The zero-order valence-electron chi connectivity index (χ0n) is 12.5. The molecule has 0 atom stereocenters. The van der Waals surface area contributed by atoms with Crippen molar-refractivity contribution in [2.24, 2.45) is 0 Å². The molecule has 0 bridgehead atoms. The summed E-state index contributed by atoms with van der Waals surface area (Å²) in [6.45, 7) is 0. The summed E-state index contributed by atoms with van der Waals surface area (Å²) in [4.78, 5) is 1.15. The van der Waals surface area contributed by atoms with Gasteiger partial charge in [0.25, 0.3) is 0 Å². The largest absolute Gasteiger partial charge is 0.504 e. The van der Waals surface area contributed by atoms with Crippen LogP contribution in [0.2, 0.25) is 0 Å². The van der Waals surface area contributed by atoms with Crippen LogP contribution in [0, 0.1) is 4.51 Å². The van der Waals surface area contributed by atoms with Gasteiger partial charge in [-0.15, -0.1) is 11.8 Å². The summed E-state index contributed by atoms with van der Waals surface area (Å²) in [6.07, 6.45) is 2.01. The maximum atomic E-state index is 10.2. The van der Waals surface area contributed by atoms with E-state index >= 15 is 0 Å². The average Bonchev–Trinajstić information content (AvgIpc) is 2.54. The molecule has 23 heavy (non-hydrogen) atoms. The van der Waals surface area contributed by atoms with Crippen LogP contribution in [0.3, 0.4) is 0 Å². The van der Waals surface area contributed by atoms with Crippen LogP contribution in [-0.4, -0.2) is 23.6 Å². The first-order valence-corrected chi connectivity index (χ1v) is 8.39. The highest BCUT2D eigenvalue weighted by molar-refractivity contribution is 7.98. The fourth-order valence-electron chi connectivity index (χ4n) is 2.37. The van der Waals surface area contributed by atoms with Crippen molar-refractivity contribution in [2.75, 3.05) is 13.4 Å². The molecule has 0 amide bonds. The summed E-state index contributed by atoms with van der Waals surface area (Å²) in [5.41, 5.74) is 1.17. The van der Waals surface area contributed by atoms with Crippen LogP contribution >= 0.6 is 24.0 Å². The molecule has 3 rings (SSSR count). The molecule has 118 valence electrons. The van der Waals surface area contributed by atoms with Gasteiger partial charge in [-0.2, -0.15) is 0 Å². The average molecular weight is 346 g/mol. The SMILES string of the molecule is COc1c(O)cc2oc(-c3ccc(SC)cc3)cc(=S)c2c1O. The van der Waals surface area contributed by atoms with Gasteiger partial charge in [0.15, 0.2) is 11.5 Å². The summed E-state index contributed by atoms with van der Waals surface area (Å²) in [6, 6.07) is 10.9. The Balaban J connectivity index is 2.23. The molecule has 0 saturated carbocycles. The van der Waals surface area contributed by atoms with Crippen LogP contribution < -0.4 is 4.74 Å². The van der Waals surface area contributed by atoms with Crippen molar-refractivity contribution in [3.8, 4) is 28.6 Å². The number of methoxy groups -OCH3 is 1. The Labute approximate surface area is 142 Å². The molecule has 1 aromatic heterocycles. The van der Waals surface area contributed by atoms with Gasteiger partial charge in [0.1, 0.15) is 11.3 Å². The van der Waals surface area contributed by atoms with Gasteiger partial charge in [0, 0.05) is 22.6 Å². The normalized spacial score (nSPS) is 10.9. The van der Waals surface area contributed by atoms with Crippen LogP contribution in [0.25, 0.3) is 22.3 Å². The molecular formula is C17H14O4S2. The smallest absolute Gasteiger partial charge is 0.203 e. The molecule has 0 aliphatic rings. The number of phenols is 2. The maximum absolute atomic E-state index is 10.2. The Morgan fingerprint density at radius 2 is 1.83 bits per heavy atom. The number of hydrogen-bond donors (Lipinski definition) is 2. The third-order valence-electron chi connectivity index (χ3n) is 3.51. The van der Waals surface area contributed by atoms with Crippen LogP contribution in [-0.2, 0) is 0 Å². The molecule has 0 fully saturated rings. The number of phenolic OH excluding ortho intramolecular Hbond substituents is 2. The van der Waals surface area contributed by atoms with Gasteiger partial charge in [0.2, 0.25) is 5.75 Å². The summed E-state index contributed by atoms with van der Waals surface area (Å²) < 4.78 is 11.2. The molecule has 0 saturated heterocycles. The van der Waals surface area contributed by atoms with Crippen LogP contribution in [0.4, 0.5) is 0 Å². The molecule has 2 aromatic carbocycles. The first kappa shape index (κ1) is 15.7. The van der Waals surface area contributed by atoms with E-state index in [4.69, 9.17) is 21.4 Å². The molecule has 0 aliphatic carbocycles. The topological polar surface area (TPSA) is 62.8 Å². The Hall–Kier alpha value is -2.18. The molecule has 1 heterocycles. The molecule has 4 nitrogen and oxygen atoms in total. The lowest BCUT2D eigenvalue weighted by Crippen LogP contribution is -1.88. The van der Waals surface area contributed by atoms with E-state index in [9.17, 15) is 10.2 Å². The molecule has 6 heteroatoms. The lowest BCUT2D eigenvalue weighted by Gasteiger charge is -2.10. The molecule has 0 spiro atoms. The van der Waals surface area contributed by atoms with Crippen molar-refractivity contribution in [3.63, 3.8) is 0 Å². The highest BCUT2D eigenvalue weighted by Crippen LogP contribution is 2.43. The zero-order chi connectivity index (χ0) is 16.6. The van der Waals surface area contributed by atoms with Crippen LogP contribution in [0.5, 0.6) is 17.2 Å². The van der Waals surface area contributed by atoms with Crippen molar-refractivity contribution < 1.29 is 19.4 Å². The van der Waals surface area contributed by atoms with Crippen molar-refractivity contribution >= 4 is 34.9 Å². The Kier molecular flexibility index (Phi) is 4.19. The summed E-state index contributed by atoms with van der Waals surface area (Å²) in [5.74, 6) is 0.126. The van der Waals surface area contributed by atoms with E-state index in [-0.39, 0.29) is 17.2 Å². The molecule has 3 aromatic rings. The van der Waals surface area contributed by atoms with Crippen LogP contribution in [0.15, 0.2) is 45.7 Å². The minimum atomic E-state index is -0.222. The first-order chi connectivity index (χ1) is 11.0. The van der Waals surface area contributed by atoms with Gasteiger partial charge >= 0.3 is 0 Å². The molecule has 0 radical (unpaired) electrons. The predicted octanol–water partition coefficient (Wildman–Crippen LogP) is 4.97. The van der Waals surface area contributed by atoms with Gasteiger partial charge in [-0.1, -0.05) is 24.4 Å². The van der Waals surface area contributed by atoms with Crippen molar-refractivity contribution in [1.29, 1.82) is 0 Å². The first-order valence-electron chi connectivity index (χ1n) is 6.76. The van der Waals surface area contributed by atoms with E-state index in [1.54, 1.807) is 17.8 Å². The number of rotatable bonds is 3. The minimum absolute atomic E-state index is 0.0177. The quantitative estimate of drug-likeness (QED) is 0.516. The molecular weight excluding hydrogens is 332 g/mol. The molecule has 0 aliphatic heterocycles. The Bertz CT molecular complexity index is 930. The second-order valence-corrected chi connectivity index (χ2v) is 6.17. The monoisotopic (exact) mass is 346 g/mol. The van der Waals surface area contributed by atoms with E-state index in [0.717, 1.165) is 10.5 Å². The predicted molar refractivity (Wildman–Crippen MR) is 94.1 cm³/mol. The summed E-state index contributed by atoms with van der Waals surface area (Å²) in [5, 5.41) is 20.5. The van der Waals surface area contributed by atoms with E-state index in [1.807, 2.05) is 30.5 Å². The van der Waals surface area contributed by atoms with Gasteiger partial charge in [-0.25, -0.2) is 0 Å². The minimum Gasteiger partial charge on any atom is -0.504 e. The van der Waals surface area contributed by atoms with Gasteiger partial charge in [-0.3, -0.25) is 0 Å². The van der Waals surface area contributed by atoms with Crippen LogP contribution in [0.1, 0.15) is 0 Å². The Morgan fingerprint density at radius 3 is 2.43 bits per heavy atom. The zero-order valence-corrected chi connectivity index (χ0v) is 14.1. The fraction of sp³-hybridized carbons (Fsp3) is 0.118. The number of fused-ring (bicyclic) bond motifs is 1. The highest BCUT2D eigenvalue weighted by Gasteiger charge is 2.17. The summed E-state index contributed by atoms with van der Waals surface area (Å²) >= 11 is 7.02. The lowest BCUT2D eigenvalue weighted by atomic mass is 10.1. The third kappa shape index (κ3) is 2.75. The fourth-order valence-corrected chi connectivity index (χ4v) is 3.08. The van der Waals surface area contributed by atoms with E-state index in [1.165, 1.54) is 13.2 Å². The van der Waals surface area contributed by atoms with Crippen molar-refractivity contribution in [2.45, 2.75) is 4.90 Å². The van der Waals surface area contributed by atoms with Gasteiger partial charge in [0.05, 0.1) is 17.0 Å². The van der Waals surface area contributed by atoms with E-state index in [0.29, 0.717) is 21.2 Å². The molecule has 0 unspecified atom stereocenters. The highest BCUT2D eigenvalue weighted by atomic mass is 32.2. The van der Waals surface area contributed by atoms with Gasteiger partial charge in [-0.05, 0) is 18.4 Å². The Morgan fingerprint density at radius 1 is 1.13 bits per heavy atom. The standard InChI is InChI=1S/C17H14O4S2/c1-20-17-11(18)7-13-15(16(17)19)14(22)8-12(21-13)9-3-5-10(23-2)6-4-9/h3-8,18-19H,1-2H3. The van der Waals surface area contributed by atoms with Gasteiger partial charge < -0.3 is 19.4 Å². The number of hydrogen-bond acceptors (Lipinski definition) is 6.